The average molecular weight is 557 g/mol. The Labute approximate surface area is 213 Å². The van der Waals surface area contributed by atoms with E-state index in [9.17, 15) is 14.4 Å². The lowest BCUT2D eigenvalue weighted by Gasteiger charge is -2.24. The fourth-order valence-corrected chi connectivity index (χ4v) is 4.76. The number of likely N-dealkylation sites (N-methyl/N-ethyl adjacent to an activating group) is 2. The van der Waals surface area contributed by atoms with E-state index in [1.165, 1.54) is 42.5 Å². The van der Waals surface area contributed by atoms with Gasteiger partial charge in [0.15, 0.2) is 5.96 Å². The molecule has 0 radical (unpaired) electrons. The monoisotopic (exact) mass is 556 g/mol. The number of halogens is 2. The minimum atomic E-state index is -0.523. The van der Waals surface area contributed by atoms with Crippen molar-refractivity contribution in [2.24, 2.45) is 21.6 Å². The summed E-state index contributed by atoms with van der Waals surface area (Å²) in [6.45, 7) is 0.739. The van der Waals surface area contributed by atoms with Crippen molar-refractivity contribution in [3.8, 4) is 0 Å². The molecule has 2 aliphatic rings. The molecule has 2 fully saturated rings. The minimum absolute atomic E-state index is 0.0958. The zero-order valence-corrected chi connectivity index (χ0v) is 21.6. The van der Waals surface area contributed by atoms with Gasteiger partial charge in [0.2, 0.25) is 5.91 Å². The van der Waals surface area contributed by atoms with Crippen LogP contribution in [0.5, 0.6) is 0 Å². The number of nitrogens with zero attached hydrogens (tertiary/aromatic N) is 4. The number of hydroxylamine groups is 5. The molecule has 1 aromatic carbocycles. The van der Waals surface area contributed by atoms with Crippen LogP contribution in [0.4, 0.5) is 10.1 Å². The summed E-state index contributed by atoms with van der Waals surface area (Å²) in [6, 6.07) is 3.77. The third-order valence-corrected chi connectivity index (χ3v) is 6.71. The summed E-state index contributed by atoms with van der Waals surface area (Å²) in [5.41, 5.74) is 8.45. The van der Waals surface area contributed by atoms with E-state index in [0.29, 0.717) is 31.1 Å². The van der Waals surface area contributed by atoms with Gasteiger partial charge in [-0.3, -0.25) is 31.1 Å². The van der Waals surface area contributed by atoms with Gasteiger partial charge in [-0.1, -0.05) is 19.3 Å². The summed E-state index contributed by atoms with van der Waals surface area (Å²) in [4.78, 5) is 26.5. The lowest BCUT2D eigenvalue weighted by molar-refractivity contribution is -0.258. The largest absolute Gasteiger partial charge is 0.370 e. The number of guanidine groups is 1. The second-order valence-corrected chi connectivity index (χ2v) is 9.60. The first-order valence-electron chi connectivity index (χ1n) is 11.7. The summed E-state index contributed by atoms with van der Waals surface area (Å²) >= 11 is 3.14. The van der Waals surface area contributed by atoms with E-state index in [-0.39, 0.29) is 22.2 Å². The molecule has 13 heteroatoms. The quantitative estimate of drug-likeness (QED) is 0.142. The molecular formula is C22H34BrFN8O3. The van der Waals surface area contributed by atoms with Crippen LogP contribution in [0, 0.1) is 11.7 Å². The Morgan fingerprint density at radius 2 is 2.03 bits per heavy atom. The molecule has 1 amide bonds. The third-order valence-electron chi connectivity index (χ3n) is 6.10. The highest BCUT2D eigenvalue weighted by molar-refractivity contribution is 9.10. The van der Waals surface area contributed by atoms with Crippen molar-refractivity contribution in [3.05, 3.63) is 28.5 Å². The molecule has 1 aromatic rings. The van der Waals surface area contributed by atoms with Gasteiger partial charge in [-0.15, -0.1) is 0 Å². The maximum absolute atomic E-state index is 13.6. The number of benzene rings is 1. The summed E-state index contributed by atoms with van der Waals surface area (Å²) in [5, 5.41) is 18.8. The molecule has 1 aliphatic carbocycles. The molecule has 0 aromatic heterocycles. The molecule has 194 valence electrons. The third kappa shape index (κ3) is 7.92. The normalized spacial score (nSPS) is 23.0. The zero-order valence-electron chi connectivity index (χ0n) is 20.0. The lowest BCUT2D eigenvalue weighted by Crippen LogP contribution is -2.54. The van der Waals surface area contributed by atoms with Gasteiger partial charge < -0.3 is 5.73 Å². The van der Waals surface area contributed by atoms with Crippen LogP contribution in [-0.2, 0) is 9.73 Å². The highest BCUT2D eigenvalue weighted by Crippen LogP contribution is 2.26. The van der Waals surface area contributed by atoms with Crippen LogP contribution >= 0.6 is 15.9 Å². The van der Waals surface area contributed by atoms with Crippen LogP contribution in [0.3, 0.4) is 0 Å². The van der Waals surface area contributed by atoms with Crippen molar-refractivity contribution in [1.82, 2.24) is 26.2 Å². The maximum atomic E-state index is 13.6. The number of hydrogen-bond acceptors (Lipinski definition) is 8. The van der Waals surface area contributed by atoms with Crippen molar-refractivity contribution >= 4 is 39.3 Å². The Hall–Kier alpha value is -2.16. The Balaban J connectivity index is 1.55. The fourth-order valence-electron chi connectivity index (χ4n) is 4.39. The first-order chi connectivity index (χ1) is 16.8. The lowest BCUT2D eigenvalue weighted by atomic mass is 9.87. The molecule has 1 saturated carbocycles. The average Bonchev–Trinajstić information content (AvgIpc) is 3.10. The number of carbonyl (C=O) groups is 1. The maximum Gasteiger partial charge on any atom is 0.226 e. The SMILES string of the molecule is CN1ON(C)C(C(=Nc2ccc(F)c(Br)c2)NO)C1NCCN=C(N)NC(=O)CC1CCCCC1. The minimum Gasteiger partial charge on any atom is -0.370 e. The van der Waals surface area contributed by atoms with Gasteiger partial charge in [0, 0.05) is 27.1 Å². The van der Waals surface area contributed by atoms with Gasteiger partial charge in [0.05, 0.1) is 16.7 Å². The molecule has 0 bridgehead atoms. The Morgan fingerprint density at radius 1 is 1.29 bits per heavy atom. The number of nitrogens with two attached hydrogens (primary N) is 1. The summed E-state index contributed by atoms with van der Waals surface area (Å²) in [6.07, 6.45) is 5.87. The smallest absolute Gasteiger partial charge is 0.226 e. The second kappa shape index (κ2) is 13.2. The number of amides is 1. The molecule has 2 unspecified atom stereocenters. The van der Waals surface area contributed by atoms with Crippen molar-refractivity contribution in [3.63, 3.8) is 0 Å². The van der Waals surface area contributed by atoms with Gasteiger partial charge in [-0.25, -0.2) is 14.3 Å². The predicted octanol–water partition coefficient (Wildman–Crippen LogP) is 2.01. The molecule has 1 saturated heterocycles. The van der Waals surface area contributed by atoms with Crippen LogP contribution in [-0.4, -0.2) is 72.4 Å². The van der Waals surface area contributed by atoms with Gasteiger partial charge in [0.1, 0.15) is 23.9 Å². The summed E-state index contributed by atoms with van der Waals surface area (Å²) in [7, 11) is 3.44. The van der Waals surface area contributed by atoms with E-state index in [2.05, 4.69) is 42.0 Å². The van der Waals surface area contributed by atoms with Crippen molar-refractivity contribution in [2.75, 3.05) is 27.2 Å². The van der Waals surface area contributed by atoms with Crippen LogP contribution in [0.1, 0.15) is 38.5 Å². The predicted molar refractivity (Wildman–Crippen MR) is 134 cm³/mol. The van der Waals surface area contributed by atoms with Crippen LogP contribution in [0.2, 0.25) is 0 Å². The first-order valence-corrected chi connectivity index (χ1v) is 12.5. The Morgan fingerprint density at radius 3 is 2.71 bits per heavy atom. The van der Waals surface area contributed by atoms with E-state index in [0.717, 1.165) is 12.8 Å². The van der Waals surface area contributed by atoms with Gasteiger partial charge >= 0.3 is 0 Å². The van der Waals surface area contributed by atoms with Gasteiger partial charge in [0.25, 0.3) is 0 Å². The summed E-state index contributed by atoms with van der Waals surface area (Å²) in [5.74, 6) is 0.216. The highest BCUT2D eigenvalue weighted by atomic mass is 79.9. The van der Waals surface area contributed by atoms with Crippen LogP contribution in [0.15, 0.2) is 32.7 Å². The molecule has 35 heavy (non-hydrogen) atoms. The molecule has 2 atom stereocenters. The highest BCUT2D eigenvalue weighted by Gasteiger charge is 2.41. The zero-order chi connectivity index (χ0) is 25.4. The molecule has 6 N–H and O–H groups in total. The molecule has 0 spiro atoms. The van der Waals surface area contributed by atoms with E-state index in [1.807, 2.05) is 0 Å². The Kier molecular flexibility index (Phi) is 10.4. The molecular weight excluding hydrogens is 523 g/mol. The molecule has 1 aliphatic heterocycles. The van der Waals surface area contributed by atoms with E-state index in [4.69, 9.17) is 10.7 Å². The number of hydrogen-bond donors (Lipinski definition) is 5. The van der Waals surface area contributed by atoms with Crippen LogP contribution < -0.4 is 21.8 Å². The van der Waals surface area contributed by atoms with E-state index >= 15 is 0 Å². The number of rotatable bonds is 8. The second-order valence-electron chi connectivity index (χ2n) is 8.75. The number of nitrogens with one attached hydrogen (secondary N) is 3. The first kappa shape index (κ1) is 27.4. The van der Waals surface area contributed by atoms with E-state index in [1.54, 1.807) is 19.2 Å². The molecule has 3 rings (SSSR count). The summed E-state index contributed by atoms with van der Waals surface area (Å²) < 4.78 is 13.8. The number of amidine groups is 1. The van der Waals surface area contributed by atoms with E-state index < -0.39 is 18.0 Å². The molecule has 1 heterocycles. The number of carbonyl (C=O) groups excluding carboxylic acids is 1. The number of aliphatic imine (C=N–C) groups is 2. The Bertz CT molecular complexity index is 928. The standard InChI is InChI=1S/C22H34BrFN8O3/c1-31-19(20(30-34)28-15-8-9-17(24)16(23)13-15)21(32(2)35-31)26-10-11-27-22(25)29-18(33)12-14-6-4-3-5-7-14/h8-9,13-14,19,21,26,34H,3-7,10-12H2,1-2H3,(H,28,30)(H3,25,27,29,33). The van der Waals surface area contributed by atoms with Gasteiger partial charge in [-0.05, 0) is 52.9 Å². The van der Waals surface area contributed by atoms with Gasteiger partial charge in [-0.2, -0.15) is 10.1 Å². The van der Waals surface area contributed by atoms with Crippen molar-refractivity contribution in [1.29, 1.82) is 0 Å². The van der Waals surface area contributed by atoms with Crippen LogP contribution in [0.25, 0.3) is 0 Å². The topological polar surface area (TPSA) is 140 Å². The molecule has 11 nitrogen and oxygen atoms in total. The van der Waals surface area contributed by atoms with Crippen molar-refractivity contribution in [2.45, 2.75) is 50.7 Å². The van der Waals surface area contributed by atoms with Crippen molar-refractivity contribution < 1.29 is 19.3 Å². The fraction of sp³-hybridized carbons (Fsp3) is 0.591.